The van der Waals surface area contributed by atoms with Gasteiger partial charge in [-0.3, -0.25) is 4.90 Å². The maximum Gasteiger partial charge on any atom is 0.188 e. The number of nitriles is 1. The Kier molecular flexibility index (Phi) is 2.67. The highest BCUT2D eigenvalue weighted by molar-refractivity contribution is 4.97. The van der Waals surface area contributed by atoms with Crippen LogP contribution in [0.5, 0.6) is 0 Å². The van der Waals surface area contributed by atoms with Crippen molar-refractivity contribution in [2.75, 3.05) is 19.6 Å². The van der Waals surface area contributed by atoms with Crippen LogP contribution < -0.4 is 5.32 Å². The largest absolute Gasteiger partial charge is 0.313 e. The molecule has 0 aliphatic carbocycles. The van der Waals surface area contributed by atoms with E-state index in [4.69, 9.17) is 5.26 Å². The molecule has 74 valence electrons. The Bertz CT molecular complexity index is 313. The minimum Gasteiger partial charge on any atom is -0.313 e. The van der Waals surface area contributed by atoms with Crippen LogP contribution in [0.3, 0.4) is 0 Å². The lowest BCUT2D eigenvalue weighted by atomic mass is 10.2. The fourth-order valence-corrected chi connectivity index (χ4v) is 1.49. The highest BCUT2D eigenvalue weighted by atomic mass is 15.5. The summed E-state index contributed by atoms with van der Waals surface area (Å²) < 4.78 is 0. The summed E-state index contributed by atoms with van der Waals surface area (Å²) in [5.74, 6) is 0.632. The molecule has 7 heteroatoms. The van der Waals surface area contributed by atoms with E-state index < -0.39 is 0 Å². The topological polar surface area (TPSA) is 93.5 Å². The first-order valence-electron chi connectivity index (χ1n) is 4.47. The van der Waals surface area contributed by atoms with Crippen LogP contribution >= 0.6 is 0 Å². The number of aromatic amines is 1. The third-order valence-electron chi connectivity index (χ3n) is 2.24. The van der Waals surface area contributed by atoms with Gasteiger partial charge in [0.2, 0.25) is 0 Å². The summed E-state index contributed by atoms with van der Waals surface area (Å²) in [7, 11) is 0. The van der Waals surface area contributed by atoms with Gasteiger partial charge in [0.25, 0.3) is 0 Å². The predicted octanol–water partition coefficient (Wildman–Crippen LogP) is -1.50. The minimum atomic E-state index is -0.0951. The lowest BCUT2D eigenvalue weighted by molar-refractivity contribution is 0.185. The fourth-order valence-electron chi connectivity index (χ4n) is 1.49. The molecule has 0 spiro atoms. The predicted molar refractivity (Wildman–Crippen MR) is 46.9 cm³/mol. The van der Waals surface area contributed by atoms with Crippen molar-refractivity contribution in [3.63, 3.8) is 0 Å². The highest BCUT2D eigenvalue weighted by Gasteiger charge is 2.22. The van der Waals surface area contributed by atoms with Crippen LogP contribution in [-0.4, -0.2) is 51.2 Å². The molecule has 0 aromatic carbocycles. The van der Waals surface area contributed by atoms with Crippen molar-refractivity contribution in [1.82, 2.24) is 30.8 Å². The van der Waals surface area contributed by atoms with Crippen LogP contribution in [0.4, 0.5) is 0 Å². The summed E-state index contributed by atoms with van der Waals surface area (Å²) in [5.41, 5.74) is 0. The van der Waals surface area contributed by atoms with Crippen LogP contribution in [0, 0.1) is 11.3 Å². The van der Waals surface area contributed by atoms with E-state index in [1.807, 2.05) is 4.90 Å². The van der Waals surface area contributed by atoms with E-state index in [2.05, 4.69) is 32.0 Å². The lowest BCUT2D eigenvalue weighted by Gasteiger charge is -2.30. The maximum absolute atomic E-state index is 8.89. The van der Waals surface area contributed by atoms with Gasteiger partial charge >= 0.3 is 0 Å². The molecule has 2 N–H and O–H groups in total. The van der Waals surface area contributed by atoms with Gasteiger partial charge in [-0.15, -0.1) is 10.2 Å². The Balaban J connectivity index is 1.99. The van der Waals surface area contributed by atoms with Gasteiger partial charge < -0.3 is 5.32 Å². The van der Waals surface area contributed by atoms with Crippen molar-refractivity contribution in [2.24, 2.45) is 0 Å². The number of rotatable bonds is 2. The monoisotopic (exact) mass is 193 g/mol. The number of H-pyrrole nitrogens is 1. The molecular formula is C7H11N7. The normalized spacial score (nSPS) is 23.2. The van der Waals surface area contributed by atoms with Crippen molar-refractivity contribution in [1.29, 1.82) is 5.26 Å². The van der Waals surface area contributed by atoms with Gasteiger partial charge in [0.05, 0.1) is 12.6 Å². The first-order chi connectivity index (χ1) is 6.90. The van der Waals surface area contributed by atoms with E-state index in [1.54, 1.807) is 0 Å². The van der Waals surface area contributed by atoms with Crippen LogP contribution in [0.25, 0.3) is 0 Å². The molecule has 0 saturated carbocycles. The molecule has 1 aliphatic heterocycles. The molecule has 1 saturated heterocycles. The summed E-state index contributed by atoms with van der Waals surface area (Å²) in [6, 6.07) is 2.15. The SMILES string of the molecule is N#CC1CNCCN1Cc1nn[nH]n1. The van der Waals surface area contributed by atoms with E-state index in [0.29, 0.717) is 18.9 Å². The molecule has 1 unspecified atom stereocenters. The zero-order valence-corrected chi connectivity index (χ0v) is 7.64. The summed E-state index contributed by atoms with van der Waals surface area (Å²) >= 11 is 0. The molecule has 2 heterocycles. The lowest BCUT2D eigenvalue weighted by Crippen LogP contribution is -2.50. The van der Waals surface area contributed by atoms with Crippen molar-refractivity contribution < 1.29 is 0 Å². The molecule has 2 rings (SSSR count). The second kappa shape index (κ2) is 4.13. The number of aromatic nitrogens is 4. The van der Waals surface area contributed by atoms with Gasteiger partial charge in [-0.2, -0.15) is 10.5 Å². The number of nitrogens with zero attached hydrogens (tertiary/aromatic N) is 5. The number of hydrogen-bond acceptors (Lipinski definition) is 6. The maximum atomic E-state index is 8.89. The Morgan fingerprint density at radius 2 is 2.57 bits per heavy atom. The van der Waals surface area contributed by atoms with E-state index >= 15 is 0 Å². The summed E-state index contributed by atoms with van der Waals surface area (Å²) in [5, 5.41) is 25.7. The second-order valence-electron chi connectivity index (χ2n) is 3.15. The Labute approximate surface area is 81.1 Å². The third kappa shape index (κ3) is 1.86. The zero-order chi connectivity index (χ0) is 9.80. The Morgan fingerprint density at radius 3 is 3.29 bits per heavy atom. The van der Waals surface area contributed by atoms with Gasteiger partial charge in [-0.25, -0.2) is 0 Å². The highest BCUT2D eigenvalue weighted by Crippen LogP contribution is 2.05. The summed E-state index contributed by atoms with van der Waals surface area (Å²) in [6.45, 7) is 3.02. The average Bonchev–Trinajstić information content (AvgIpc) is 2.71. The fraction of sp³-hybridized carbons (Fsp3) is 0.714. The smallest absolute Gasteiger partial charge is 0.188 e. The molecule has 14 heavy (non-hydrogen) atoms. The standard InChI is InChI=1S/C7H11N7/c8-3-6-4-9-1-2-14(6)5-7-10-12-13-11-7/h6,9H,1-2,4-5H2,(H,10,11,12,13). The molecular weight excluding hydrogens is 182 g/mol. The number of hydrogen-bond donors (Lipinski definition) is 2. The summed E-state index contributed by atoms with van der Waals surface area (Å²) in [4.78, 5) is 2.04. The zero-order valence-electron chi connectivity index (χ0n) is 7.64. The van der Waals surface area contributed by atoms with Crippen LogP contribution in [0.1, 0.15) is 5.82 Å². The number of piperazine rings is 1. The van der Waals surface area contributed by atoms with Crippen molar-refractivity contribution in [3.8, 4) is 6.07 Å². The molecule has 0 amide bonds. The van der Waals surface area contributed by atoms with Gasteiger partial charge in [0, 0.05) is 19.6 Å². The molecule has 1 aliphatic rings. The first kappa shape index (κ1) is 9.05. The average molecular weight is 193 g/mol. The molecule has 1 atom stereocenters. The molecule has 0 bridgehead atoms. The van der Waals surface area contributed by atoms with Gasteiger partial charge in [0.15, 0.2) is 5.82 Å². The molecule has 7 nitrogen and oxygen atoms in total. The molecule has 1 fully saturated rings. The van der Waals surface area contributed by atoms with Crippen molar-refractivity contribution in [3.05, 3.63) is 5.82 Å². The molecule has 1 aromatic heterocycles. The minimum absolute atomic E-state index is 0.0951. The van der Waals surface area contributed by atoms with Gasteiger partial charge in [0.1, 0.15) is 6.04 Å². The third-order valence-corrected chi connectivity index (χ3v) is 2.24. The van der Waals surface area contributed by atoms with Crippen molar-refractivity contribution in [2.45, 2.75) is 12.6 Å². The van der Waals surface area contributed by atoms with Crippen molar-refractivity contribution >= 4 is 0 Å². The Morgan fingerprint density at radius 1 is 1.64 bits per heavy atom. The van der Waals surface area contributed by atoms with Gasteiger partial charge in [-0.1, -0.05) is 5.21 Å². The summed E-state index contributed by atoms with van der Waals surface area (Å²) in [6.07, 6.45) is 0. The Hall–Kier alpha value is -1.52. The van der Waals surface area contributed by atoms with E-state index in [9.17, 15) is 0 Å². The van der Waals surface area contributed by atoms with E-state index in [-0.39, 0.29) is 6.04 Å². The molecule has 1 aromatic rings. The van der Waals surface area contributed by atoms with Crippen LogP contribution in [-0.2, 0) is 6.54 Å². The second-order valence-corrected chi connectivity index (χ2v) is 3.15. The van der Waals surface area contributed by atoms with E-state index in [1.165, 1.54) is 0 Å². The van der Waals surface area contributed by atoms with Crippen LogP contribution in [0.2, 0.25) is 0 Å². The van der Waals surface area contributed by atoms with E-state index in [0.717, 1.165) is 13.1 Å². The van der Waals surface area contributed by atoms with Crippen LogP contribution in [0.15, 0.2) is 0 Å². The molecule has 0 radical (unpaired) electrons. The van der Waals surface area contributed by atoms with Gasteiger partial charge in [-0.05, 0) is 0 Å². The number of nitrogens with one attached hydrogen (secondary N) is 2. The quantitative estimate of drug-likeness (QED) is 0.593. The number of tetrazole rings is 1. The first-order valence-corrected chi connectivity index (χ1v) is 4.47.